The van der Waals surface area contributed by atoms with Crippen molar-refractivity contribution >= 4 is 63.0 Å². The lowest BCUT2D eigenvalue weighted by atomic mass is 9.97. The molecular weight excluding hydrogens is 1050 g/mol. The number of amides is 6. The molecule has 0 unspecified atom stereocenters. The molecule has 0 spiro atoms. The molecule has 23 nitrogen and oxygen atoms in total. The van der Waals surface area contributed by atoms with E-state index in [-0.39, 0.29) is 55.0 Å². The van der Waals surface area contributed by atoms with Crippen LogP contribution < -0.4 is 61.4 Å². The first-order chi connectivity index (χ1) is 37.8. The van der Waals surface area contributed by atoms with E-state index in [1.807, 2.05) is 0 Å². The molecular formula is C54H95N15O8S2. The number of esters is 1. The summed E-state index contributed by atoms with van der Waals surface area (Å²) in [5, 5.41) is 12.8. The van der Waals surface area contributed by atoms with Crippen LogP contribution in [0.15, 0.2) is 46.7 Å². The molecule has 0 saturated heterocycles. The molecule has 2 rings (SSSR count). The second-order valence-corrected chi connectivity index (χ2v) is 22.7. The highest BCUT2D eigenvalue weighted by molar-refractivity contribution is 8.76. The van der Waals surface area contributed by atoms with Crippen molar-refractivity contribution in [2.45, 2.75) is 164 Å². The van der Waals surface area contributed by atoms with Gasteiger partial charge < -0.3 is 75.9 Å². The molecule has 79 heavy (non-hydrogen) atoms. The zero-order chi connectivity index (χ0) is 58.4. The zero-order valence-corrected chi connectivity index (χ0v) is 48.8. The van der Waals surface area contributed by atoms with Crippen molar-refractivity contribution < 1.29 is 38.3 Å². The van der Waals surface area contributed by atoms with Crippen LogP contribution in [0.2, 0.25) is 0 Å². The normalized spacial score (nSPS) is 12.9. The van der Waals surface area contributed by atoms with Gasteiger partial charge in [0, 0.05) is 70.7 Å². The number of aromatic nitrogens is 2. The maximum absolute atomic E-state index is 14.0. The van der Waals surface area contributed by atoms with Crippen LogP contribution in [0.25, 0.3) is 0 Å². The summed E-state index contributed by atoms with van der Waals surface area (Å²) >= 11 is 0. The number of nitrogens with one attached hydrogen (secondary N) is 4. The summed E-state index contributed by atoms with van der Waals surface area (Å²) < 4.78 is 5.49. The molecule has 18 N–H and O–H groups in total. The van der Waals surface area contributed by atoms with Gasteiger partial charge >= 0.3 is 5.97 Å². The van der Waals surface area contributed by atoms with Crippen LogP contribution in [0.3, 0.4) is 0 Å². The lowest BCUT2D eigenvalue weighted by Gasteiger charge is -2.24. The fourth-order valence-corrected chi connectivity index (χ4v) is 9.73. The number of carbonyl (C=O) groups is 7. The molecule has 2 aromatic heterocycles. The molecule has 446 valence electrons. The second kappa shape index (κ2) is 41.1. The Morgan fingerprint density at radius 3 is 1.13 bits per heavy atom. The van der Waals surface area contributed by atoms with Gasteiger partial charge in [-0.1, -0.05) is 25.7 Å². The average Bonchev–Trinajstić information content (AvgIpc) is 3.42. The Balaban J connectivity index is 2.12. The summed E-state index contributed by atoms with van der Waals surface area (Å²) in [5.74, 6) is -2.61. The van der Waals surface area contributed by atoms with E-state index in [4.69, 9.17) is 44.9 Å². The molecule has 0 aromatic carbocycles. The molecule has 0 aliphatic heterocycles. The minimum absolute atomic E-state index is 0.0543. The van der Waals surface area contributed by atoms with Crippen molar-refractivity contribution in [1.82, 2.24) is 41.0 Å². The van der Waals surface area contributed by atoms with Gasteiger partial charge in [0.1, 0.15) is 15.7 Å². The van der Waals surface area contributed by atoms with Gasteiger partial charge in [-0.2, -0.15) is 0 Å². The molecule has 2 aromatic rings. The zero-order valence-electron chi connectivity index (χ0n) is 47.2. The highest BCUT2D eigenvalue weighted by Gasteiger charge is 2.26. The van der Waals surface area contributed by atoms with Crippen molar-refractivity contribution in [1.29, 1.82) is 0 Å². The summed E-state index contributed by atoms with van der Waals surface area (Å²) in [6, 6.07) is 4.92. The fourth-order valence-electron chi connectivity index (χ4n) is 8.02. The Bertz CT molecular complexity index is 2050. The Morgan fingerprint density at radius 2 is 0.823 bits per heavy atom. The van der Waals surface area contributed by atoms with Crippen molar-refractivity contribution in [3.8, 4) is 0 Å². The van der Waals surface area contributed by atoms with Crippen LogP contribution in [0, 0.1) is 5.92 Å². The minimum Gasteiger partial charge on any atom is -0.460 e. The summed E-state index contributed by atoms with van der Waals surface area (Å²) in [7, 11) is 2.65. The van der Waals surface area contributed by atoms with Gasteiger partial charge in [0.25, 0.3) is 11.8 Å². The van der Waals surface area contributed by atoms with Crippen LogP contribution in [-0.2, 0) is 28.7 Å². The van der Waals surface area contributed by atoms with Gasteiger partial charge in [-0.3, -0.25) is 33.6 Å². The number of hydrogen-bond donors (Lipinski definition) is 11. The number of hydrogen-bond acceptors (Lipinski definition) is 19. The quantitative estimate of drug-likeness (QED) is 0.0257. The largest absolute Gasteiger partial charge is 0.460 e. The SMILES string of the molecule is CC(C)(C)OC(=O)C[C@@H](CCCCN)C(=O)NCCCN(CCCNC(=O)[C@@H](N)CCCCN)C(=O)c1ccc(SSc2ccc(C(=O)N(CCCNC(=O)[C@@H](N)CCCCN)CCCNC(=O)[C@@H](N)CCCCN)cn2)nc1. The standard InChI is InChI=1S/C54H95N15O8S2/c1-54(2,3)77-47(70)36-39(16-4-8-24-55)48(71)62-28-12-32-68(33-13-29-63-49(72)42(59)17-5-9-25-56)52(75)40-20-22-45(66-37-40)78-79-46-23-21-41(38-67-46)53(76)69(34-14-30-64-50(73)43(60)18-6-10-26-57)35-15-31-65-51(74)44(61)19-7-11-27-58/h20-23,37-39,42-44H,4-19,24-36,55-61H2,1-3H3,(H,62,71)(H,63,72)(H,64,73)(H,65,74)/t39-,42+,43+,44+/m1/s1. The number of nitrogens with two attached hydrogens (primary N) is 7. The Morgan fingerprint density at radius 1 is 0.494 bits per heavy atom. The molecule has 0 fully saturated rings. The van der Waals surface area contributed by atoms with E-state index in [1.54, 1.807) is 54.8 Å². The third kappa shape index (κ3) is 31.0. The van der Waals surface area contributed by atoms with Gasteiger partial charge in [-0.25, -0.2) is 9.97 Å². The third-order valence-electron chi connectivity index (χ3n) is 12.5. The number of unbranched alkanes of at least 4 members (excludes halogenated alkanes) is 4. The molecule has 0 radical (unpaired) electrons. The van der Waals surface area contributed by atoms with Gasteiger partial charge in [-0.05, 0) is 170 Å². The summed E-state index contributed by atoms with van der Waals surface area (Å²) in [4.78, 5) is 104. The highest BCUT2D eigenvalue weighted by atomic mass is 33.1. The second-order valence-electron chi connectivity index (χ2n) is 20.5. The molecule has 2 heterocycles. The molecule has 0 bridgehead atoms. The van der Waals surface area contributed by atoms with E-state index in [2.05, 4.69) is 31.2 Å². The Labute approximate surface area is 476 Å². The average molecular weight is 1150 g/mol. The van der Waals surface area contributed by atoms with Gasteiger partial charge in [-0.15, -0.1) is 0 Å². The number of ether oxygens (including phenoxy) is 1. The first kappa shape index (κ1) is 70.1. The van der Waals surface area contributed by atoms with Crippen molar-refractivity contribution in [3.05, 3.63) is 47.8 Å². The van der Waals surface area contributed by atoms with Crippen molar-refractivity contribution in [2.75, 3.05) is 78.5 Å². The fraction of sp³-hybridized carbons (Fsp3) is 0.685. The summed E-state index contributed by atoms with van der Waals surface area (Å²) in [5.41, 5.74) is 40.6. The molecule has 0 aliphatic carbocycles. The Hall–Kier alpha value is -4.99. The molecule has 0 saturated carbocycles. The minimum atomic E-state index is -0.684. The smallest absolute Gasteiger partial charge is 0.307 e. The van der Waals surface area contributed by atoms with Crippen molar-refractivity contribution in [2.24, 2.45) is 46.1 Å². The predicted molar refractivity (Wildman–Crippen MR) is 312 cm³/mol. The lowest BCUT2D eigenvalue weighted by molar-refractivity contribution is -0.157. The predicted octanol–water partition coefficient (Wildman–Crippen LogP) is 2.03. The number of carbonyl (C=O) groups excluding carboxylic acids is 7. The molecule has 6 amide bonds. The van der Waals surface area contributed by atoms with E-state index in [1.165, 1.54) is 34.0 Å². The highest BCUT2D eigenvalue weighted by Crippen LogP contribution is 2.35. The maximum Gasteiger partial charge on any atom is 0.307 e. The molecule has 25 heteroatoms. The maximum atomic E-state index is 14.0. The van der Waals surface area contributed by atoms with E-state index >= 15 is 0 Å². The van der Waals surface area contributed by atoms with Crippen LogP contribution in [-0.4, -0.2) is 163 Å². The number of rotatable bonds is 43. The van der Waals surface area contributed by atoms with E-state index < -0.39 is 35.6 Å². The van der Waals surface area contributed by atoms with Crippen LogP contribution in [0.5, 0.6) is 0 Å². The van der Waals surface area contributed by atoms with Crippen LogP contribution >= 0.6 is 21.6 Å². The van der Waals surface area contributed by atoms with Crippen molar-refractivity contribution in [3.63, 3.8) is 0 Å². The Kier molecular flexibility index (Phi) is 36.5. The van der Waals surface area contributed by atoms with Crippen LogP contribution in [0.4, 0.5) is 0 Å². The topological polar surface area (TPSA) is 391 Å². The third-order valence-corrected chi connectivity index (χ3v) is 14.7. The van der Waals surface area contributed by atoms with Gasteiger partial charge in [0.15, 0.2) is 0 Å². The lowest BCUT2D eigenvalue weighted by Crippen LogP contribution is -2.43. The van der Waals surface area contributed by atoms with Gasteiger partial charge in [0.05, 0.1) is 35.7 Å². The summed E-state index contributed by atoms with van der Waals surface area (Å²) in [6.45, 7) is 9.86. The van der Waals surface area contributed by atoms with E-state index in [0.29, 0.717) is 144 Å². The van der Waals surface area contributed by atoms with E-state index in [0.717, 1.165) is 44.9 Å². The number of nitrogens with zero attached hydrogens (tertiary/aromatic N) is 4. The molecule has 4 atom stereocenters. The molecule has 0 aliphatic rings. The number of pyridine rings is 2. The van der Waals surface area contributed by atoms with Gasteiger partial charge in [0.2, 0.25) is 23.6 Å². The summed E-state index contributed by atoms with van der Waals surface area (Å²) in [6.07, 6.45) is 12.8. The monoisotopic (exact) mass is 1150 g/mol. The first-order valence-electron chi connectivity index (χ1n) is 28.1. The van der Waals surface area contributed by atoms with E-state index in [9.17, 15) is 33.6 Å². The first-order valence-corrected chi connectivity index (χ1v) is 30.2. The van der Waals surface area contributed by atoms with Crippen LogP contribution in [0.1, 0.15) is 151 Å².